The molecule has 1 N–H and O–H groups in total. The topological polar surface area (TPSA) is 64.2 Å². The van der Waals surface area contributed by atoms with E-state index in [1.807, 2.05) is 56.7 Å². The average Bonchev–Trinajstić information content (AvgIpc) is 3.11. The highest BCUT2D eigenvalue weighted by atomic mass is 32.1. The van der Waals surface area contributed by atoms with Crippen molar-refractivity contribution in [1.29, 1.82) is 0 Å². The third-order valence-electron chi connectivity index (χ3n) is 3.50. The molecule has 7 heteroatoms. The maximum absolute atomic E-state index is 12.2. The van der Waals surface area contributed by atoms with E-state index in [1.165, 1.54) is 11.3 Å². The maximum Gasteiger partial charge on any atom is 0.274 e. The molecule has 0 unspecified atom stereocenters. The van der Waals surface area contributed by atoms with Crippen molar-refractivity contribution in [2.45, 2.75) is 26.3 Å². The van der Waals surface area contributed by atoms with Crippen LogP contribution in [0, 0.1) is 0 Å². The molecule has 0 spiro atoms. The molecule has 3 rings (SSSR count). The van der Waals surface area contributed by atoms with Gasteiger partial charge in [0.1, 0.15) is 0 Å². The van der Waals surface area contributed by atoms with E-state index in [-0.39, 0.29) is 11.4 Å². The van der Waals surface area contributed by atoms with Crippen LogP contribution in [0.2, 0.25) is 0 Å². The summed E-state index contributed by atoms with van der Waals surface area (Å²) in [6.45, 7) is 6.09. The smallest absolute Gasteiger partial charge is 0.274 e. The van der Waals surface area contributed by atoms with Crippen LogP contribution in [-0.4, -0.2) is 20.3 Å². The van der Waals surface area contributed by atoms with Gasteiger partial charge in [-0.25, -0.2) is 5.43 Å². The molecular formula is C16H19N5OS. The Balaban J connectivity index is 1.85. The molecule has 1 aromatic carbocycles. The second-order valence-electron chi connectivity index (χ2n) is 6.31. The number of hydrogen-bond donors (Lipinski definition) is 1. The number of carbonyl (C=O) groups excluding carboxylic acids is 1. The number of carbonyl (C=O) groups is 1. The van der Waals surface area contributed by atoms with Crippen LogP contribution in [0.4, 0.5) is 0 Å². The lowest BCUT2D eigenvalue weighted by Gasteiger charge is -2.18. The number of para-hydroxylation sites is 1. The number of benzene rings is 1. The van der Waals surface area contributed by atoms with Crippen LogP contribution in [-0.2, 0) is 12.6 Å². The number of aryl methyl sites for hydroxylation is 1. The highest BCUT2D eigenvalue weighted by molar-refractivity contribution is 7.16. The van der Waals surface area contributed by atoms with Crippen LogP contribution in [0.25, 0.3) is 10.2 Å². The Hall–Kier alpha value is -2.41. The molecule has 1 amide bonds. The summed E-state index contributed by atoms with van der Waals surface area (Å²) < 4.78 is 4.85. The van der Waals surface area contributed by atoms with Gasteiger partial charge in [-0.15, -0.1) is 5.10 Å². The molecule has 0 fully saturated rings. The van der Waals surface area contributed by atoms with E-state index in [2.05, 4.69) is 15.6 Å². The van der Waals surface area contributed by atoms with E-state index < -0.39 is 0 Å². The van der Waals surface area contributed by atoms with Crippen molar-refractivity contribution in [3.63, 3.8) is 0 Å². The minimum atomic E-state index is -0.266. The quantitative estimate of drug-likeness (QED) is 0.734. The van der Waals surface area contributed by atoms with Crippen molar-refractivity contribution in [2.24, 2.45) is 12.1 Å². The maximum atomic E-state index is 12.2. The van der Waals surface area contributed by atoms with Crippen molar-refractivity contribution in [2.75, 3.05) is 0 Å². The molecule has 0 aliphatic carbocycles. The van der Waals surface area contributed by atoms with E-state index in [0.717, 1.165) is 15.0 Å². The molecule has 3 aromatic rings. The molecule has 0 aliphatic heterocycles. The molecule has 0 radical (unpaired) electrons. The Morgan fingerprint density at radius 2 is 2.04 bits per heavy atom. The molecule has 120 valence electrons. The lowest BCUT2D eigenvalue weighted by Crippen LogP contribution is -2.24. The molecule has 0 aliphatic rings. The normalized spacial score (nSPS) is 12.8. The second kappa shape index (κ2) is 5.66. The van der Waals surface area contributed by atoms with Crippen LogP contribution in [0.1, 0.15) is 31.1 Å². The first-order valence-electron chi connectivity index (χ1n) is 7.30. The van der Waals surface area contributed by atoms with Crippen LogP contribution in [0.5, 0.6) is 0 Å². The number of fused-ring (bicyclic) bond motifs is 1. The summed E-state index contributed by atoms with van der Waals surface area (Å²) in [6, 6.07) is 8.04. The van der Waals surface area contributed by atoms with Gasteiger partial charge in [-0.05, 0) is 32.9 Å². The van der Waals surface area contributed by atoms with Gasteiger partial charge in [0.25, 0.3) is 5.91 Å². The summed E-state index contributed by atoms with van der Waals surface area (Å²) in [5.74, 6) is -0.266. The summed E-state index contributed by atoms with van der Waals surface area (Å²) >= 11 is 1.53. The average molecular weight is 329 g/mol. The van der Waals surface area contributed by atoms with Crippen LogP contribution in [0.3, 0.4) is 0 Å². The summed E-state index contributed by atoms with van der Waals surface area (Å²) in [7, 11) is 1.93. The number of amides is 1. The lowest BCUT2D eigenvalue weighted by molar-refractivity contribution is 0.0953. The number of thiazole rings is 1. The Morgan fingerprint density at radius 3 is 2.70 bits per heavy atom. The molecule has 0 bridgehead atoms. The first kappa shape index (κ1) is 15.5. The van der Waals surface area contributed by atoms with Crippen molar-refractivity contribution in [3.05, 3.63) is 47.0 Å². The molecule has 2 heterocycles. The van der Waals surface area contributed by atoms with Gasteiger partial charge in [0.15, 0.2) is 0 Å². The van der Waals surface area contributed by atoms with E-state index in [1.54, 1.807) is 17.1 Å². The first-order chi connectivity index (χ1) is 10.9. The Labute approximate surface area is 138 Å². The predicted molar refractivity (Wildman–Crippen MR) is 91.0 cm³/mol. The Morgan fingerprint density at radius 1 is 1.30 bits per heavy atom. The predicted octanol–water partition coefficient (Wildman–Crippen LogP) is 2.44. The van der Waals surface area contributed by atoms with Crippen molar-refractivity contribution in [1.82, 2.24) is 19.8 Å². The van der Waals surface area contributed by atoms with Crippen LogP contribution >= 0.6 is 11.3 Å². The standard InChI is InChI=1S/C16H19N5OS/c1-16(2,3)21-10-11(9-17-21)14(22)18-19-15-20(4)12-7-5-6-8-13(12)23-15/h5-10H,1-4H3,(H,18,22). The van der Waals surface area contributed by atoms with E-state index in [4.69, 9.17) is 0 Å². The Bertz CT molecular complexity index is 926. The SMILES string of the molecule is Cn1c(=NNC(=O)c2cnn(C(C)(C)C)c2)sc2ccccc21. The third kappa shape index (κ3) is 3.05. The number of nitrogens with zero attached hydrogens (tertiary/aromatic N) is 4. The fraction of sp³-hybridized carbons (Fsp3) is 0.312. The van der Waals surface area contributed by atoms with Gasteiger partial charge < -0.3 is 4.57 Å². The minimum Gasteiger partial charge on any atom is -0.318 e. The van der Waals surface area contributed by atoms with Crippen LogP contribution in [0.15, 0.2) is 41.8 Å². The van der Waals surface area contributed by atoms with Crippen molar-refractivity contribution < 1.29 is 4.79 Å². The van der Waals surface area contributed by atoms with Crippen LogP contribution < -0.4 is 10.2 Å². The van der Waals surface area contributed by atoms with Gasteiger partial charge in [0.05, 0.1) is 27.5 Å². The zero-order valence-corrected chi connectivity index (χ0v) is 14.4. The summed E-state index contributed by atoms with van der Waals surface area (Å²) in [4.78, 5) is 13.0. The molecule has 0 saturated heterocycles. The van der Waals surface area contributed by atoms with Gasteiger partial charge in [0, 0.05) is 13.2 Å². The van der Waals surface area contributed by atoms with E-state index in [0.29, 0.717) is 5.56 Å². The summed E-state index contributed by atoms with van der Waals surface area (Å²) in [5.41, 5.74) is 4.03. The molecule has 2 aromatic heterocycles. The van der Waals surface area contributed by atoms with Crippen molar-refractivity contribution >= 4 is 27.5 Å². The largest absolute Gasteiger partial charge is 0.318 e. The third-order valence-corrected chi connectivity index (χ3v) is 4.61. The molecule has 0 saturated carbocycles. The monoisotopic (exact) mass is 329 g/mol. The van der Waals surface area contributed by atoms with Crippen molar-refractivity contribution in [3.8, 4) is 0 Å². The molecule has 6 nitrogen and oxygen atoms in total. The van der Waals surface area contributed by atoms with E-state index in [9.17, 15) is 4.79 Å². The van der Waals surface area contributed by atoms with Gasteiger partial charge in [0.2, 0.25) is 4.80 Å². The molecule has 0 atom stereocenters. The molecule has 23 heavy (non-hydrogen) atoms. The minimum absolute atomic E-state index is 0.159. The number of rotatable bonds is 2. The highest BCUT2D eigenvalue weighted by Gasteiger charge is 2.16. The number of hydrogen-bond acceptors (Lipinski definition) is 4. The zero-order valence-electron chi connectivity index (χ0n) is 13.6. The number of aromatic nitrogens is 3. The summed E-state index contributed by atoms with van der Waals surface area (Å²) in [5, 5.41) is 8.46. The highest BCUT2D eigenvalue weighted by Crippen LogP contribution is 2.15. The second-order valence-corrected chi connectivity index (χ2v) is 7.32. The lowest BCUT2D eigenvalue weighted by atomic mass is 10.1. The van der Waals surface area contributed by atoms with Gasteiger partial charge in [-0.2, -0.15) is 5.10 Å². The first-order valence-corrected chi connectivity index (χ1v) is 8.12. The number of nitrogens with one attached hydrogen (secondary N) is 1. The van der Waals surface area contributed by atoms with Gasteiger partial charge >= 0.3 is 0 Å². The fourth-order valence-electron chi connectivity index (χ4n) is 2.16. The van der Waals surface area contributed by atoms with Gasteiger partial charge in [-0.3, -0.25) is 9.48 Å². The Kier molecular flexibility index (Phi) is 3.81. The molecular weight excluding hydrogens is 310 g/mol. The van der Waals surface area contributed by atoms with E-state index >= 15 is 0 Å². The van der Waals surface area contributed by atoms with Gasteiger partial charge in [-0.1, -0.05) is 23.5 Å². The summed E-state index contributed by atoms with van der Waals surface area (Å²) in [6.07, 6.45) is 3.29. The fourth-order valence-corrected chi connectivity index (χ4v) is 3.14. The zero-order chi connectivity index (χ0) is 16.6.